The lowest BCUT2D eigenvalue weighted by molar-refractivity contribution is 0.527. The minimum atomic E-state index is 0.577. The number of hydrogen-bond donors (Lipinski definition) is 1. The topological polar surface area (TPSA) is 42.1 Å². The van der Waals surface area contributed by atoms with Crippen molar-refractivity contribution in [1.29, 1.82) is 0 Å². The zero-order chi connectivity index (χ0) is 14.5. The first-order valence-corrected chi connectivity index (χ1v) is 8.04. The van der Waals surface area contributed by atoms with Crippen LogP contribution in [0.2, 0.25) is 0 Å². The van der Waals surface area contributed by atoms with Crippen LogP contribution >= 0.6 is 0 Å². The van der Waals surface area contributed by atoms with Gasteiger partial charge in [-0.2, -0.15) is 0 Å². The summed E-state index contributed by atoms with van der Waals surface area (Å²) in [5.74, 6) is 0.739. The Hall–Kier alpha value is -1.09. The zero-order valence-corrected chi connectivity index (χ0v) is 13.2. The molecule has 3 heteroatoms. The molecule has 0 spiro atoms. The summed E-state index contributed by atoms with van der Waals surface area (Å²) >= 11 is 0. The number of pyridine rings is 1. The largest absolute Gasteiger partial charge is 0.368 e. The molecule has 0 aliphatic heterocycles. The third-order valence-electron chi connectivity index (χ3n) is 4.34. The number of anilines is 1. The molecule has 2 rings (SSSR count). The van der Waals surface area contributed by atoms with Crippen molar-refractivity contribution in [3.05, 3.63) is 23.5 Å². The molecule has 1 aliphatic rings. The highest BCUT2D eigenvalue weighted by atomic mass is 15.2. The first kappa shape index (κ1) is 15.3. The molecule has 2 N–H and O–H groups in total. The van der Waals surface area contributed by atoms with Crippen molar-refractivity contribution >= 4 is 5.69 Å². The Morgan fingerprint density at radius 3 is 2.65 bits per heavy atom. The van der Waals surface area contributed by atoms with Crippen molar-refractivity contribution in [2.75, 3.05) is 11.4 Å². The van der Waals surface area contributed by atoms with E-state index < -0.39 is 0 Å². The molecule has 1 aromatic heterocycles. The number of aryl methyl sites for hydroxylation is 1. The van der Waals surface area contributed by atoms with Gasteiger partial charge in [-0.3, -0.25) is 4.98 Å². The monoisotopic (exact) mass is 275 g/mol. The van der Waals surface area contributed by atoms with Crippen molar-refractivity contribution in [2.24, 2.45) is 11.7 Å². The quantitative estimate of drug-likeness (QED) is 0.861. The van der Waals surface area contributed by atoms with Crippen molar-refractivity contribution in [1.82, 2.24) is 4.98 Å². The van der Waals surface area contributed by atoms with Gasteiger partial charge in [-0.05, 0) is 38.2 Å². The van der Waals surface area contributed by atoms with E-state index >= 15 is 0 Å². The maximum Gasteiger partial charge on any atom is 0.0447 e. The fraction of sp³-hybridized carbons (Fsp3) is 0.706. The van der Waals surface area contributed by atoms with E-state index in [9.17, 15) is 0 Å². The fourth-order valence-corrected chi connectivity index (χ4v) is 3.11. The molecule has 1 saturated carbocycles. The van der Waals surface area contributed by atoms with Crippen LogP contribution in [0, 0.1) is 12.8 Å². The lowest BCUT2D eigenvalue weighted by atomic mass is 10.1. The Balaban J connectivity index is 2.26. The van der Waals surface area contributed by atoms with Gasteiger partial charge >= 0.3 is 0 Å². The van der Waals surface area contributed by atoms with Crippen LogP contribution < -0.4 is 10.6 Å². The summed E-state index contributed by atoms with van der Waals surface area (Å²) in [6, 6.07) is 2.92. The van der Waals surface area contributed by atoms with Gasteiger partial charge in [-0.1, -0.05) is 26.7 Å². The molecule has 1 aromatic rings. The summed E-state index contributed by atoms with van der Waals surface area (Å²) in [7, 11) is 0. The van der Waals surface area contributed by atoms with Crippen LogP contribution in [0.4, 0.5) is 5.69 Å². The van der Waals surface area contributed by atoms with Gasteiger partial charge in [0.1, 0.15) is 0 Å². The Kier molecular flexibility index (Phi) is 5.41. The van der Waals surface area contributed by atoms with E-state index in [1.54, 1.807) is 0 Å². The van der Waals surface area contributed by atoms with Crippen molar-refractivity contribution in [3.8, 4) is 0 Å². The second kappa shape index (κ2) is 7.07. The lowest BCUT2D eigenvalue weighted by Gasteiger charge is -2.33. The van der Waals surface area contributed by atoms with Gasteiger partial charge in [0, 0.05) is 42.3 Å². The molecule has 3 nitrogen and oxygen atoms in total. The van der Waals surface area contributed by atoms with E-state index in [4.69, 9.17) is 5.73 Å². The molecule has 112 valence electrons. The molecule has 0 unspecified atom stereocenters. The number of aromatic nitrogens is 1. The molecule has 0 aromatic carbocycles. The smallest absolute Gasteiger partial charge is 0.0447 e. The Bertz CT molecular complexity index is 422. The number of hydrogen-bond acceptors (Lipinski definition) is 3. The molecule has 1 aliphatic carbocycles. The molecule has 0 bridgehead atoms. The third-order valence-corrected chi connectivity index (χ3v) is 4.34. The van der Waals surface area contributed by atoms with E-state index in [-0.39, 0.29) is 0 Å². The summed E-state index contributed by atoms with van der Waals surface area (Å²) in [5, 5.41) is 0. The van der Waals surface area contributed by atoms with Crippen LogP contribution in [0.1, 0.15) is 57.2 Å². The van der Waals surface area contributed by atoms with Crippen LogP contribution in [-0.4, -0.2) is 17.6 Å². The van der Waals surface area contributed by atoms with Crippen LogP contribution in [-0.2, 0) is 6.54 Å². The molecule has 0 atom stereocenters. The molecule has 20 heavy (non-hydrogen) atoms. The zero-order valence-electron chi connectivity index (χ0n) is 13.2. The SMILES string of the molecule is Cc1cc(N(CCC(C)C)C2CCCC2)c(CN)cn1. The van der Waals surface area contributed by atoms with Gasteiger partial charge < -0.3 is 10.6 Å². The van der Waals surface area contributed by atoms with E-state index in [2.05, 4.69) is 36.7 Å². The fourth-order valence-electron chi connectivity index (χ4n) is 3.11. The molecule has 1 fully saturated rings. The number of rotatable bonds is 6. The van der Waals surface area contributed by atoms with E-state index in [0.717, 1.165) is 18.2 Å². The van der Waals surface area contributed by atoms with Gasteiger partial charge in [-0.25, -0.2) is 0 Å². The standard InChI is InChI=1S/C17H29N3/c1-13(2)8-9-20(16-6-4-5-7-16)17-10-14(3)19-12-15(17)11-18/h10,12-13,16H,4-9,11,18H2,1-3H3. The molecular formula is C17H29N3. The predicted octanol–water partition coefficient (Wildman–Crippen LogP) is 3.64. The molecular weight excluding hydrogens is 246 g/mol. The summed E-state index contributed by atoms with van der Waals surface area (Å²) in [6.45, 7) is 8.38. The van der Waals surface area contributed by atoms with Gasteiger partial charge in [0.15, 0.2) is 0 Å². The summed E-state index contributed by atoms with van der Waals surface area (Å²) in [4.78, 5) is 7.02. The predicted molar refractivity (Wildman–Crippen MR) is 85.9 cm³/mol. The van der Waals surface area contributed by atoms with Crippen LogP contribution in [0.15, 0.2) is 12.3 Å². The third kappa shape index (κ3) is 3.72. The van der Waals surface area contributed by atoms with Crippen molar-refractivity contribution < 1.29 is 0 Å². The first-order valence-electron chi connectivity index (χ1n) is 8.04. The molecule has 0 amide bonds. The van der Waals surface area contributed by atoms with Crippen LogP contribution in [0.5, 0.6) is 0 Å². The highest BCUT2D eigenvalue weighted by Crippen LogP contribution is 2.31. The first-order chi connectivity index (χ1) is 9.61. The number of nitrogens with two attached hydrogens (primary N) is 1. The average Bonchev–Trinajstić information content (AvgIpc) is 2.93. The average molecular weight is 275 g/mol. The normalized spacial score (nSPS) is 16.1. The summed E-state index contributed by atoms with van der Waals surface area (Å²) in [5.41, 5.74) is 9.53. The summed E-state index contributed by atoms with van der Waals surface area (Å²) in [6.07, 6.45) is 8.58. The van der Waals surface area contributed by atoms with Crippen molar-refractivity contribution in [3.63, 3.8) is 0 Å². The molecule has 0 saturated heterocycles. The molecule has 1 heterocycles. The van der Waals surface area contributed by atoms with Gasteiger partial charge in [0.25, 0.3) is 0 Å². The lowest BCUT2D eigenvalue weighted by Crippen LogP contribution is -2.35. The second-order valence-corrected chi connectivity index (χ2v) is 6.47. The highest BCUT2D eigenvalue weighted by Gasteiger charge is 2.24. The minimum absolute atomic E-state index is 0.577. The Labute approximate surface area is 123 Å². The number of nitrogens with zero attached hydrogens (tertiary/aromatic N) is 2. The maximum absolute atomic E-state index is 5.93. The second-order valence-electron chi connectivity index (χ2n) is 6.47. The van der Waals surface area contributed by atoms with Gasteiger partial charge in [0.2, 0.25) is 0 Å². The summed E-state index contributed by atoms with van der Waals surface area (Å²) < 4.78 is 0. The van der Waals surface area contributed by atoms with Crippen LogP contribution in [0.3, 0.4) is 0 Å². The highest BCUT2D eigenvalue weighted by molar-refractivity contribution is 5.54. The molecule has 0 radical (unpaired) electrons. The van der Waals surface area contributed by atoms with Gasteiger partial charge in [-0.15, -0.1) is 0 Å². The van der Waals surface area contributed by atoms with E-state index in [1.807, 2.05) is 6.20 Å². The van der Waals surface area contributed by atoms with Crippen molar-refractivity contribution in [2.45, 2.75) is 65.5 Å². The van der Waals surface area contributed by atoms with Crippen LogP contribution in [0.25, 0.3) is 0 Å². The van der Waals surface area contributed by atoms with Gasteiger partial charge in [0.05, 0.1) is 0 Å². The Morgan fingerprint density at radius 1 is 1.35 bits per heavy atom. The Morgan fingerprint density at radius 2 is 2.05 bits per heavy atom. The minimum Gasteiger partial charge on any atom is -0.368 e. The van der Waals surface area contributed by atoms with E-state index in [1.165, 1.54) is 43.4 Å². The van der Waals surface area contributed by atoms with E-state index in [0.29, 0.717) is 12.6 Å². The maximum atomic E-state index is 5.93.